The molecule has 1 rings (SSSR count). The maximum absolute atomic E-state index is 11.6. The highest BCUT2D eigenvalue weighted by molar-refractivity contribution is 8.00. The number of rotatable bonds is 6. The fourth-order valence-corrected chi connectivity index (χ4v) is 2.58. The van der Waals surface area contributed by atoms with Crippen LogP contribution in [0.3, 0.4) is 0 Å². The Morgan fingerprint density at radius 1 is 1.42 bits per heavy atom. The molecule has 0 fully saturated rings. The quantitative estimate of drug-likeness (QED) is 0.596. The monoisotopic (exact) mass is 324 g/mol. The topological polar surface area (TPSA) is 95.6 Å². The number of thioether (sulfide) groups is 1. The molecule has 8 heteroatoms. The van der Waals surface area contributed by atoms with E-state index in [9.17, 15) is 4.79 Å². The number of carbonyl (C=O) groups is 1. The smallest absolute Gasteiger partial charge is 0.234 e. The summed E-state index contributed by atoms with van der Waals surface area (Å²) in [4.78, 5) is 11.6. The third kappa shape index (κ3) is 5.46. The molecule has 1 unspecified atom stereocenters. The van der Waals surface area contributed by atoms with Gasteiger partial charge in [-0.15, -0.1) is 11.8 Å². The second-order valence-corrected chi connectivity index (χ2v) is 5.60. The summed E-state index contributed by atoms with van der Waals surface area (Å²) in [6, 6.07) is 2.98. The first-order chi connectivity index (χ1) is 8.93. The Morgan fingerprint density at radius 2 is 2.00 bits per heavy atom. The Hall–Kier alpha value is -0.660. The Kier molecular flexibility index (Phi) is 6.74. The van der Waals surface area contributed by atoms with Crippen LogP contribution >= 0.6 is 35.0 Å². The lowest BCUT2D eigenvalue weighted by Gasteiger charge is -2.10. The van der Waals surface area contributed by atoms with Crippen LogP contribution in [-0.4, -0.2) is 40.3 Å². The van der Waals surface area contributed by atoms with Gasteiger partial charge in [0.05, 0.1) is 34.2 Å². The molecule has 0 saturated carbocycles. The zero-order chi connectivity index (χ0) is 14.4. The first-order valence-electron chi connectivity index (χ1n) is 5.35. The summed E-state index contributed by atoms with van der Waals surface area (Å²) in [5.41, 5.74) is 6.27. The molecule has 0 bridgehead atoms. The second-order valence-electron chi connectivity index (χ2n) is 3.76. The van der Waals surface area contributed by atoms with E-state index in [0.29, 0.717) is 11.4 Å². The zero-order valence-electron chi connectivity index (χ0n) is 9.90. The predicted octanol–water partition coefficient (Wildman–Crippen LogP) is 1.60. The zero-order valence-corrected chi connectivity index (χ0v) is 12.2. The van der Waals surface area contributed by atoms with Crippen LogP contribution in [0, 0.1) is 0 Å². The van der Waals surface area contributed by atoms with E-state index in [-0.39, 0.29) is 34.1 Å². The molecule has 0 aromatic heterocycles. The molecular weight excluding hydrogens is 311 g/mol. The van der Waals surface area contributed by atoms with Crippen molar-refractivity contribution in [3.8, 4) is 0 Å². The summed E-state index contributed by atoms with van der Waals surface area (Å²) in [5, 5.41) is 20.8. The largest absolute Gasteiger partial charge is 0.399 e. The van der Waals surface area contributed by atoms with Crippen LogP contribution in [0.2, 0.25) is 10.0 Å². The molecule has 0 aliphatic rings. The lowest BCUT2D eigenvalue weighted by atomic mass is 10.3. The van der Waals surface area contributed by atoms with E-state index in [1.54, 1.807) is 0 Å². The number of nitrogen functional groups attached to an aromatic ring is 1. The van der Waals surface area contributed by atoms with Crippen LogP contribution in [0.15, 0.2) is 12.1 Å². The molecule has 19 heavy (non-hydrogen) atoms. The number of amides is 1. The van der Waals surface area contributed by atoms with Gasteiger partial charge in [0.25, 0.3) is 0 Å². The summed E-state index contributed by atoms with van der Waals surface area (Å²) in [5.74, 6) is 0.0880. The van der Waals surface area contributed by atoms with E-state index in [0.717, 1.165) is 0 Å². The molecule has 1 atom stereocenters. The van der Waals surface area contributed by atoms with Crippen LogP contribution in [0.25, 0.3) is 0 Å². The predicted molar refractivity (Wildman–Crippen MR) is 79.9 cm³/mol. The van der Waals surface area contributed by atoms with Crippen molar-refractivity contribution < 1.29 is 15.0 Å². The van der Waals surface area contributed by atoms with E-state index in [1.165, 1.54) is 23.9 Å². The molecule has 0 radical (unpaired) electrons. The molecular formula is C11H14Cl2N2O3S. The maximum Gasteiger partial charge on any atom is 0.234 e. The third-order valence-electron chi connectivity index (χ3n) is 2.08. The minimum absolute atomic E-state index is 0.119. The highest BCUT2D eigenvalue weighted by atomic mass is 35.5. The summed E-state index contributed by atoms with van der Waals surface area (Å²) in [6.45, 7) is -0.329. The highest BCUT2D eigenvalue weighted by Crippen LogP contribution is 2.32. The van der Waals surface area contributed by atoms with Gasteiger partial charge in [0.15, 0.2) is 0 Å². The van der Waals surface area contributed by atoms with Gasteiger partial charge in [-0.2, -0.15) is 0 Å². The number of anilines is 2. The molecule has 1 amide bonds. The number of halogens is 2. The molecule has 0 aliphatic carbocycles. The lowest BCUT2D eigenvalue weighted by Crippen LogP contribution is -2.19. The van der Waals surface area contributed by atoms with Gasteiger partial charge < -0.3 is 21.3 Å². The summed E-state index contributed by atoms with van der Waals surface area (Å²) >= 11 is 13.0. The molecule has 0 heterocycles. The van der Waals surface area contributed by atoms with Gasteiger partial charge in [-0.3, -0.25) is 4.79 Å². The number of hydrogen-bond donors (Lipinski definition) is 4. The van der Waals surface area contributed by atoms with E-state index in [1.807, 2.05) is 0 Å². The van der Waals surface area contributed by atoms with Crippen molar-refractivity contribution in [3.63, 3.8) is 0 Å². The highest BCUT2D eigenvalue weighted by Gasteiger charge is 2.11. The summed E-state index contributed by atoms with van der Waals surface area (Å²) < 4.78 is 0. The van der Waals surface area contributed by atoms with E-state index in [2.05, 4.69) is 5.32 Å². The number of nitrogens with one attached hydrogen (secondary N) is 1. The van der Waals surface area contributed by atoms with Crippen LogP contribution < -0.4 is 11.1 Å². The number of nitrogens with two attached hydrogens (primary N) is 1. The molecule has 1 aromatic carbocycles. The van der Waals surface area contributed by atoms with Crippen molar-refractivity contribution in [2.45, 2.75) is 6.10 Å². The van der Waals surface area contributed by atoms with E-state index < -0.39 is 6.10 Å². The fourth-order valence-electron chi connectivity index (χ4n) is 1.23. The fraction of sp³-hybridized carbons (Fsp3) is 0.364. The first kappa shape index (κ1) is 16.4. The number of benzene rings is 1. The Bertz CT molecular complexity index is 437. The van der Waals surface area contributed by atoms with Crippen LogP contribution in [0.4, 0.5) is 11.4 Å². The molecule has 1 aromatic rings. The van der Waals surface area contributed by atoms with Crippen LogP contribution in [0.1, 0.15) is 0 Å². The van der Waals surface area contributed by atoms with Crippen molar-refractivity contribution in [2.75, 3.05) is 29.2 Å². The minimum atomic E-state index is -0.832. The molecule has 5 N–H and O–H groups in total. The van der Waals surface area contributed by atoms with Crippen molar-refractivity contribution in [2.24, 2.45) is 0 Å². The first-order valence-corrected chi connectivity index (χ1v) is 7.26. The average Bonchev–Trinajstić information content (AvgIpc) is 2.33. The van der Waals surface area contributed by atoms with Gasteiger partial charge in [0.1, 0.15) is 0 Å². The van der Waals surface area contributed by atoms with Crippen molar-refractivity contribution in [3.05, 3.63) is 22.2 Å². The van der Waals surface area contributed by atoms with E-state index >= 15 is 0 Å². The average molecular weight is 325 g/mol. The molecule has 106 valence electrons. The van der Waals surface area contributed by atoms with Crippen molar-refractivity contribution in [1.29, 1.82) is 0 Å². The van der Waals surface area contributed by atoms with Crippen molar-refractivity contribution >= 4 is 52.2 Å². The Morgan fingerprint density at radius 3 is 2.53 bits per heavy atom. The minimum Gasteiger partial charge on any atom is -0.399 e. The second kappa shape index (κ2) is 7.81. The SMILES string of the molecule is Nc1cc(Cl)c(NC(=O)CSCC(O)CO)c(Cl)c1. The number of aliphatic hydroxyl groups excluding tert-OH is 2. The van der Waals surface area contributed by atoms with Gasteiger partial charge >= 0.3 is 0 Å². The van der Waals surface area contributed by atoms with Gasteiger partial charge in [-0.05, 0) is 12.1 Å². The Balaban J connectivity index is 2.53. The van der Waals surface area contributed by atoms with Gasteiger partial charge in [-0.25, -0.2) is 0 Å². The summed E-state index contributed by atoms with van der Waals surface area (Å²) in [7, 11) is 0. The number of carbonyl (C=O) groups excluding carboxylic acids is 1. The number of hydrogen-bond acceptors (Lipinski definition) is 5. The van der Waals surface area contributed by atoms with Crippen LogP contribution in [-0.2, 0) is 4.79 Å². The van der Waals surface area contributed by atoms with Crippen LogP contribution in [0.5, 0.6) is 0 Å². The Labute approximate surface area is 125 Å². The maximum atomic E-state index is 11.6. The summed E-state index contributed by atoms with van der Waals surface area (Å²) in [6.07, 6.45) is -0.832. The van der Waals surface area contributed by atoms with Gasteiger partial charge in [0, 0.05) is 11.4 Å². The number of aliphatic hydroxyl groups is 2. The normalized spacial score (nSPS) is 12.2. The molecule has 0 aliphatic heterocycles. The van der Waals surface area contributed by atoms with Gasteiger partial charge in [-0.1, -0.05) is 23.2 Å². The van der Waals surface area contributed by atoms with Gasteiger partial charge in [0.2, 0.25) is 5.91 Å². The van der Waals surface area contributed by atoms with Crippen molar-refractivity contribution in [1.82, 2.24) is 0 Å². The standard InChI is InChI=1S/C11H14Cl2N2O3S/c12-8-1-6(14)2-9(13)11(8)15-10(18)5-19-4-7(17)3-16/h1-2,7,16-17H,3-5,14H2,(H,15,18). The molecule has 0 spiro atoms. The molecule has 5 nitrogen and oxygen atoms in total. The third-order valence-corrected chi connectivity index (χ3v) is 3.77. The van der Waals surface area contributed by atoms with E-state index in [4.69, 9.17) is 39.1 Å². The lowest BCUT2D eigenvalue weighted by molar-refractivity contribution is -0.113. The molecule has 0 saturated heterocycles.